The molecular weight excluding hydrogens is 330 g/mol. The van der Waals surface area contributed by atoms with Gasteiger partial charge in [-0.25, -0.2) is 5.43 Å². The number of nitrogens with one attached hydrogen (secondary N) is 2. The number of nitrogens with zero attached hydrogens (tertiary/aromatic N) is 1. The SMILES string of the molecule is COc1cccc(C(=O)NCC(=O)N/N=C(C)\C=C\c2ccccc2)c1. The van der Waals surface area contributed by atoms with Crippen LogP contribution >= 0.6 is 0 Å². The molecule has 26 heavy (non-hydrogen) atoms. The van der Waals surface area contributed by atoms with Crippen LogP contribution in [-0.4, -0.2) is 31.2 Å². The molecule has 0 bridgehead atoms. The molecule has 0 aromatic heterocycles. The number of hydrogen-bond acceptors (Lipinski definition) is 4. The molecule has 2 aromatic carbocycles. The maximum Gasteiger partial charge on any atom is 0.259 e. The van der Waals surface area contributed by atoms with Gasteiger partial charge in [-0.1, -0.05) is 42.5 Å². The van der Waals surface area contributed by atoms with Crippen LogP contribution in [0.15, 0.2) is 65.8 Å². The van der Waals surface area contributed by atoms with Gasteiger partial charge in [0.05, 0.1) is 19.4 Å². The third kappa shape index (κ3) is 6.24. The molecule has 6 heteroatoms. The Morgan fingerprint density at radius 2 is 1.88 bits per heavy atom. The monoisotopic (exact) mass is 351 g/mol. The van der Waals surface area contributed by atoms with Gasteiger partial charge >= 0.3 is 0 Å². The van der Waals surface area contributed by atoms with Crippen LogP contribution in [0.2, 0.25) is 0 Å². The van der Waals surface area contributed by atoms with E-state index in [1.165, 1.54) is 7.11 Å². The Kier molecular flexibility index (Phi) is 7.12. The van der Waals surface area contributed by atoms with Crippen LogP contribution in [0.4, 0.5) is 0 Å². The minimum Gasteiger partial charge on any atom is -0.497 e. The fourth-order valence-electron chi connectivity index (χ4n) is 2.04. The number of methoxy groups -OCH3 is 1. The van der Waals surface area contributed by atoms with Crippen LogP contribution in [0.25, 0.3) is 6.08 Å². The Morgan fingerprint density at radius 1 is 1.12 bits per heavy atom. The summed E-state index contributed by atoms with van der Waals surface area (Å²) in [5.74, 6) is -0.190. The second-order valence-electron chi connectivity index (χ2n) is 5.45. The summed E-state index contributed by atoms with van der Waals surface area (Å²) in [6.45, 7) is 1.60. The molecule has 2 amide bonds. The highest BCUT2D eigenvalue weighted by atomic mass is 16.5. The number of rotatable bonds is 7. The first kappa shape index (κ1) is 18.9. The number of allylic oxidation sites excluding steroid dienone is 1. The standard InChI is InChI=1S/C20H21N3O3/c1-15(11-12-16-7-4-3-5-8-16)22-23-19(24)14-21-20(25)17-9-6-10-18(13-17)26-2/h3-13H,14H2,1-2H3,(H,21,25)(H,23,24)/b12-11+,22-15-. The van der Waals surface area contributed by atoms with E-state index in [0.29, 0.717) is 17.0 Å². The molecule has 2 N–H and O–H groups in total. The van der Waals surface area contributed by atoms with E-state index in [4.69, 9.17) is 4.74 Å². The summed E-state index contributed by atoms with van der Waals surface area (Å²) in [5.41, 5.74) is 4.51. The van der Waals surface area contributed by atoms with Crippen molar-refractivity contribution >= 4 is 23.6 Å². The number of benzene rings is 2. The summed E-state index contributed by atoms with van der Waals surface area (Å²) in [5, 5.41) is 6.51. The van der Waals surface area contributed by atoms with Gasteiger partial charge in [0.2, 0.25) is 0 Å². The second-order valence-corrected chi connectivity index (χ2v) is 5.45. The molecule has 0 saturated heterocycles. The lowest BCUT2D eigenvalue weighted by Crippen LogP contribution is -2.35. The number of carbonyl (C=O) groups is 2. The lowest BCUT2D eigenvalue weighted by atomic mass is 10.2. The molecule has 0 aliphatic carbocycles. The number of carbonyl (C=O) groups excluding carboxylic acids is 2. The predicted octanol–water partition coefficient (Wildman–Crippen LogP) is 2.63. The maximum absolute atomic E-state index is 12.0. The number of amides is 2. The van der Waals surface area contributed by atoms with Crippen molar-refractivity contribution in [3.8, 4) is 5.75 Å². The van der Waals surface area contributed by atoms with E-state index in [2.05, 4.69) is 15.8 Å². The van der Waals surface area contributed by atoms with E-state index in [-0.39, 0.29) is 12.5 Å². The molecule has 0 radical (unpaired) electrons. The van der Waals surface area contributed by atoms with Gasteiger partial charge in [0.1, 0.15) is 5.75 Å². The molecule has 0 atom stereocenters. The zero-order valence-corrected chi connectivity index (χ0v) is 14.7. The Hall–Kier alpha value is -3.41. The molecule has 0 aliphatic rings. The number of hydrogen-bond donors (Lipinski definition) is 2. The van der Waals surface area contributed by atoms with Crippen molar-refractivity contribution in [2.75, 3.05) is 13.7 Å². The van der Waals surface area contributed by atoms with Gasteiger partial charge < -0.3 is 10.1 Å². The molecule has 0 saturated carbocycles. The Bertz CT molecular complexity index is 814. The van der Waals surface area contributed by atoms with Gasteiger partial charge in [-0.2, -0.15) is 5.10 Å². The van der Waals surface area contributed by atoms with E-state index in [1.54, 1.807) is 37.3 Å². The molecule has 2 aromatic rings. The summed E-state index contributed by atoms with van der Waals surface area (Å²) in [7, 11) is 1.52. The second kappa shape index (κ2) is 9.78. The van der Waals surface area contributed by atoms with Crippen LogP contribution in [-0.2, 0) is 4.79 Å². The third-order valence-electron chi connectivity index (χ3n) is 3.41. The summed E-state index contributed by atoms with van der Waals surface area (Å²) in [4.78, 5) is 23.8. The normalized spacial score (nSPS) is 11.2. The van der Waals surface area contributed by atoms with Gasteiger partial charge in [0.25, 0.3) is 11.8 Å². The van der Waals surface area contributed by atoms with Crippen molar-refractivity contribution in [3.05, 3.63) is 71.8 Å². The highest BCUT2D eigenvalue weighted by Crippen LogP contribution is 2.12. The quantitative estimate of drug-likeness (QED) is 0.594. The Labute approximate surface area is 152 Å². The first-order valence-corrected chi connectivity index (χ1v) is 8.07. The van der Waals surface area contributed by atoms with Gasteiger partial charge in [-0.3, -0.25) is 9.59 Å². The fourth-order valence-corrected chi connectivity index (χ4v) is 2.04. The van der Waals surface area contributed by atoms with Crippen LogP contribution in [0.5, 0.6) is 5.75 Å². The largest absolute Gasteiger partial charge is 0.497 e. The number of hydrazone groups is 1. The van der Waals surface area contributed by atoms with Gasteiger partial charge in [-0.15, -0.1) is 0 Å². The molecule has 0 spiro atoms. The average molecular weight is 351 g/mol. The van der Waals surface area contributed by atoms with Crippen molar-refractivity contribution in [2.45, 2.75) is 6.92 Å². The Morgan fingerprint density at radius 3 is 2.62 bits per heavy atom. The zero-order chi connectivity index (χ0) is 18.8. The van der Waals surface area contributed by atoms with Crippen LogP contribution < -0.4 is 15.5 Å². The summed E-state index contributed by atoms with van der Waals surface area (Å²) < 4.78 is 5.07. The van der Waals surface area contributed by atoms with E-state index >= 15 is 0 Å². The third-order valence-corrected chi connectivity index (χ3v) is 3.41. The molecule has 0 fully saturated rings. The van der Waals surface area contributed by atoms with E-state index in [0.717, 1.165) is 5.56 Å². The highest BCUT2D eigenvalue weighted by Gasteiger charge is 2.08. The molecule has 0 heterocycles. The summed E-state index contributed by atoms with van der Waals surface area (Å²) in [6.07, 6.45) is 3.69. The first-order valence-electron chi connectivity index (χ1n) is 8.07. The minimum absolute atomic E-state index is 0.171. The van der Waals surface area contributed by atoms with Crippen molar-refractivity contribution in [3.63, 3.8) is 0 Å². The van der Waals surface area contributed by atoms with Crippen LogP contribution in [0.1, 0.15) is 22.8 Å². The average Bonchev–Trinajstić information content (AvgIpc) is 2.69. The first-order chi connectivity index (χ1) is 12.6. The molecule has 134 valence electrons. The topological polar surface area (TPSA) is 79.8 Å². The van der Waals surface area contributed by atoms with Crippen molar-refractivity contribution < 1.29 is 14.3 Å². The predicted molar refractivity (Wildman–Crippen MR) is 102 cm³/mol. The van der Waals surface area contributed by atoms with Crippen LogP contribution in [0.3, 0.4) is 0 Å². The zero-order valence-electron chi connectivity index (χ0n) is 14.7. The van der Waals surface area contributed by atoms with E-state index in [1.807, 2.05) is 36.4 Å². The smallest absolute Gasteiger partial charge is 0.259 e. The van der Waals surface area contributed by atoms with Crippen molar-refractivity contribution in [1.82, 2.24) is 10.7 Å². The highest BCUT2D eigenvalue weighted by molar-refractivity contribution is 5.98. The molecular formula is C20H21N3O3. The van der Waals surface area contributed by atoms with Gasteiger partial charge in [0, 0.05) is 5.56 Å². The molecule has 6 nitrogen and oxygen atoms in total. The maximum atomic E-state index is 12.0. The summed E-state index contributed by atoms with van der Waals surface area (Å²) in [6, 6.07) is 16.5. The van der Waals surface area contributed by atoms with Crippen molar-refractivity contribution in [1.29, 1.82) is 0 Å². The van der Waals surface area contributed by atoms with Crippen LogP contribution in [0, 0.1) is 0 Å². The lowest BCUT2D eigenvalue weighted by molar-refractivity contribution is -0.120. The molecule has 0 unspecified atom stereocenters. The minimum atomic E-state index is -0.409. The molecule has 2 rings (SSSR count). The lowest BCUT2D eigenvalue weighted by Gasteiger charge is -2.06. The number of ether oxygens (including phenoxy) is 1. The fraction of sp³-hybridized carbons (Fsp3) is 0.150. The van der Waals surface area contributed by atoms with E-state index in [9.17, 15) is 9.59 Å². The van der Waals surface area contributed by atoms with Gasteiger partial charge in [-0.05, 0) is 36.8 Å². The van der Waals surface area contributed by atoms with E-state index < -0.39 is 5.91 Å². The van der Waals surface area contributed by atoms with Gasteiger partial charge in [0.15, 0.2) is 0 Å². The molecule has 0 aliphatic heterocycles. The van der Waals surface area contributed by atoms with Crippen molar-refractivity contribution in [2.24, 2.45) is 5.10 Å². The summed E-state index contributed by atoms with van der Waals surface area (Å²) >= 11 is 0. The Balaban J connectivity index is 1.80.